The van der Waals surface area contributed by atoms with Gasteiger partial charge >= 0.3 is 0 Å². The van der Waals surface area contributed by atoms with E-state index in [9.17, 15) is 0 Å². The number of unbranched alkanes of at least 4 members (excludes halogenated alkanes) is 2. The van der Waals surface area contributed by atoms with Crippen LogP contribution in [0.1, 0.15) is 74.7 Å². The fraction of sp³-hybridized carbons (Fsp3) is 0.556. The lowest BCUT2D eigenvalue weighted by atomic mass is 10.3. The maximum absolute atomic E-state index is 8.89. The van der Waals surface area contributed by atoms with Gasteiger partial charge in [0.25, 0.3) is 0 Å². The highest BCUT2D eigenvalue weighted by atomic mass is 16.5. The lowest BCUT2D eigenvalue weighted by Crippen LogP contribution is -2.12. The minimum Gasteiger partial charge on any atom is -0.491 e. The Labute approximate surface area is 192 Å². The first-order chi connectivity index (χ1) is 15.0. The van der Waals surface area contributed by atoms with Gasteiger partial charge in [-0.05, 0) is 38.1 Å². The lowest BCUT2D eigenvalue weighted by molar-refractivity contribution is 0.122. The normalized spacial score (nSPS) is 10.6. The summed E-state index contributed by atoms with van der Waals surface area (Å²) >= 11 is 0. The van der Waals surface area contributed by atoms with Gasteiger partial charge < -0.3 is 19.7 Å². The first-order valence-electron chi connectivity index (χ1n) is 11.7. The number of para-hydroxylation sites is 2. The van der Waals surface area contributed by atoms with E-state index in [4.69, 9.17) is 19.7 Å². The molecule has 2 atom stereocenters. The van der Waals surface area contributed by atoms with Crippen molar-refractivity contribution in [1.29, 1.82) is 0 Å². The van der Waals surface area contributed by atoms with E-state index in [0.29, 0.717) is 13.2 Å². The Bertz CT molecular complexity index is 478. The Balaban J connectivity index is -0.000000370. The molecular weight excluding hydrogens is 388 g/mol. The van der Waals surface area contributed by atoms with Crippen LogP contribution in [0.5, 0.6) is 11.5 Å². The molecule has 4 nitrogen and oxygen atoms in total. The quantitative estimate of drug-likeness (QED) is 0.461. The van der Waals surface area contributed by atoms with E-state index in [1.54, 1.807) is 13.8 Å². The van der Waals surface area contributed by atoms with Crippen LogP contribution in [0.4, 0.5) is 0 Å². The topological polar surface area (TPSA) is 58.9 Å². The molecule has 180 valence electrons. The van der Waals surface area contributed by atoms with Crippen LogP contribution >= 0.6 is 0 Å². The average Bonchev–Trinajstić information content (AvgIpc) is 2.82. The number of hydrogen-bond donors (Lipinski definition) is 2. The first-order valence-corrected chi connectivity index (χ1v) is 11.7. The summed E-state index contributed by atoms with van der Waals surface area (Å²) in [7, 11) is 0. The SMILES string of the molecule is CC.CC.CC(O)COc1ccccc1.CC(O)COc1ccccc1.CCCCC. The summed E-state index contributed by atoms with van der Waals surface area (Å²) in [6.45, 7) is 16.5. The van der Waals surface area contributed by atoms with Gasteiger partial charge in [-0.1, -0.05) is 97.2 Å². The summed E-state index contributed by atoms with van der Waals surface area (Å²) in [4.78, 5) is 0. The molecule has 0 aliphatic rings. The first kappa shape index (κ1) is 33.6. The summed E-state index contributed by atoms with van der Waals surface area (Å²) in [5.41, 5.74) is 0. The van der Waals surface area contributed by atoms with E-state index in [-0.39, 0.29) is 0 Å². The number of aliphatic hydroxyl groups is 2. The van der Waals surface area contributed by atoms with Crippen LogP contribution in [0.3, 0.4) is 0 Å². The number of hydrogen-bond acceptors (Lipinski definition) is 4. The molecule has 0 spiro atoms. The van der Waals surface area contributed by atoms with Crippen LogP contribution in [0.2, 0.25) is 0 Å². The fourth-order valence-corrected chi connectivity index (χ4v) is 1.82. The molecule has 0 radical (unpaired) electrons. The molecule has 2 N–H and O–H groups in total. The number of benzene rings is 2. The minimum absolute atomic E-state index is 0.351. The third-order valence-corrected chi connectivity index (χ3v) is 3.18. The van der Waals surface area contributed by atoms with Gasteiger partial charge in [0.05, 0.1) is 12.2 Å². The Morgan fingerprint density at radius 1 is 0.613 bits per heavy atom. The van der Waals surface area contributed by atoms with Gasteiger partial charge in [0.1, 0.15) is 24.7 Å². The van der Waals surface area contributed by atoms with E-state index in [0.717, 1.165) is 11.5 Å². The minimum atomic E-state index is -0.407. The Morgan fingerprint density at radius 2 is 0.903 bits per heavy atom. The van der Waals surface area contributed by atoms with Gasteiger partial charge in [-0.15, -0.1) is 0 Å². The third-order valence-electron chi connectivity index (χ3n) is 3.18. The van der Waals surface area contributed by atoms with Crippen molar-refractivity contribution in [3.8, 4) is 11.5 Å². The monoisotopic (exact) mass is 436 g/mol. The molecule has 31 heavy (non-hydrogen) atoms. The van der Waals surface area contributed by atoms with E-state index in [1.165, 1.54) is 19.3 Å². The van der Waals surface area contributed by atoms with Gasteiger partial charge in [-0.3, -0.25) is 0 Å². The molecule has 4 heteroatoms. The van der Waals surface area contributed by atoms with Crippen LogP contribution in [-0.4, -0.2) is 35.6 Å². The van der Waals surface area contributed by atoms with Gasteiger partial charge in [0, 0.05) is 0 Å². The van der Waals surface area contributed by atoms with E-state index in [2.05, 4.69) is 13.8 Å². The van der Waals surface area contributed by atoms with Crippen molar-refractivity contribution in [2.75, 3.05) is 13.2 Å². The van der Waals surface area contributed by atoms with Gasteiger partial charge in [-0.2, -0.15) is 0 Å². The van der Waals surface area contributed by atoms with Crippen LogP contribution < -0.4 is 9.47 Å². The van der Waals surface area contributed by atoms with Crippen LogP contribution in [0.15, 0.2) is 60.7 Å². The highest BCUT2D eigenvalue weighted by molar-refractivity contribution is 5.21. The van der Waals surface area contributed by atoms with Gasteiger partial charge in [0.15, 0.2) is 0 Å². The third kappa shape index (κ3) is 28.0. The largest absolute Gasteiger partial charge is 0.491 e. The Hall–Kier alpha value is -2.04. The molecule has 0 aliphatic heterocycles. The van der Waals surface area contributed by atoms with Crippen molar-refractivity contribution in [3.63, 3.8) is 0 Å². The van der Waals surface area contributed by atoms with Crippen LogP contribution in [-0.2, 0) is 0 Å². The standard InChI is InChI=1S/2C9H12O2.C5H12.2C2H6/c2*1-8(10)7-11-9-5-3-2-4-6-9;1-3-5-4-2;2*1-2/h2*2-6,8,10H,7H2,1H3;3-5H2,1-2H3;2*1-2H3. The summed E-state index contributed by atoms with van der Waals surface area (Å²) < 4.78 is 10.4. The smallest absolute Gasteiger partial charge is 0.119 e. The van der Waals surface area contributed by atoms with Crippen molar-refractivity contribution in [2.45, 2.75) is 86.9 Å². The molecular formula is C27H48O4. The molecule has 0 heterocycles. The second-order valence-electron chi connectivity index (χ2n) is 6.30. The number of ether oxygens (including phenoxy) is 2. The van der Waals surface area contributed by atoms with Crippen molar-refractivity contribution in [2.24, 2.45) is 0 Å². The molecule has 0 aliphatic carbocycles. The number of aliphatic hydroxyl groups excluding tert-OH is 2. The molecule has 2 unspecified atom stereocenters. The Morgan fingerprint density at radius 3 is 1.10 bits per heavy atom. The Kier molecular flexibility index (Phi) is 30.3. The molecule has 0 fully saturated rings. The molecule has 0 aromatic heterocycles. The predicted molar refractivity (Wildman–Crippen MR) is 135 cm³/mol. The van der Waals surface area contributed by atoms with E-state index < -0.39 is 12.2 Å². The molecule has 0 bridgehead atoms. The van der Waals surface area contributed by atoms with Gasteiger partial charge in [0.2, 0.25) is 0 Å². The van der Waals surface area contributed by atoms with Crippen molar-refractivity contribution >= 4 is 0 Å². The van der Waals surface area contributed by atoms with Crippen molar-refractivity contribution in [1.82, 2.24) is 0 Å². The highest BCUT2D eigenvalue weighted by Crippen LogP contribution is 2.08. The summed E-state index contributed by atoms with van der Waals surface area (Å²) in [5.74, 6) is 1.60. The molecule has 2 aromatic carbocycles. The second kappa shape index (κ2) is 28.0. The second-order valence-corrected chi connectivity index (χ2v) is 6.30. The van der Waals surface area contributed by atoms with Crippen molar-refractivity contribution < 1.29 is 19.7 Å². The summed E-state index contributed by atoms with van der Waals surface area (Å²) in [6.07, 6.45) is 3.26. The fourth-order valence-electron chi connectivity index (χ4n) is 1.82. The maximum Gasteiger partial charge on any atom is 0.119 e. The van der Waals surface area contributed by atoms with E-state index in [1.807, 2.05) is 88.4 Å². The van der Waals surface area contributed by atoms with Gasteiger partial charge in [-0.25, -0.2) is 0 Å². The predicted octanol–water partition coefficient (Wildman–Crippen LogP) is 7.14. The molecule has 0 amide bonds. The zero-order valence-corrected chi connectivity index (χ0v) is 21.2. The summed E-state index contributed by atoms with van der Waals surface area (Å²) in [6, 6.07) is 18.9. The molecule has 0 saturated carbocycles. The summed E-state index contributed by atoms with van der Waals surface area (Å²) in [5, 5.41) is 17.8. The number of rotatable bonds is 8. The maximum atomic E-state index is 8.89. The highest BCUT2D eigenvalue weighted by Gasteiger charge is 1.96. The molecule has 2 aromatic rings. The molecule has 0 saturated heterocycles. The zero-order chi connectivity index (χ0) is 24.3. The van der Waals surface area contributed by atoms with Crippen LogP contribution in [0, 0.1) is 0 Å². The van der Waals surface area contributed by atoms with E-state index >= 15 is 0 Å². The van der Waals surface area contributed by atoms with Crippen LogP contribution in [0.25, 0.3) is 0 Å². The lowest BCUT2D eigenvalue weighted by Gasteiger charge is -2.06. The molecule has 2 rings (SSSR count). The average molecular weight is 437 g/mol. The van der Waals surface area contributed by atoms with Crippen molar-refractivity contribution in [3.05, 3.63) is 60.7 Å². The zero-order valence-electron chi connectivity index (χ0n) is 21.2.